The van der Waals surface area contributed by atoms with E-state index in [1.165, 1.54) is 26.4 Å². The summed E-state index contributed by atoms with van der Waals surface area (Å²) in [4.78, 5) is 23.6. The van der Waals surface area contributed by atoms with Crippen LogP contribution in [-0.2, 0) is 0 Å². The predicted molar refractivity (Wildman–Crippen MR) is 107 cm³/mol. The van der Waals surface area contributed by atoms with Crippen LogP contribution in [0.4, 0.5) is 10.2 Å². The maximum Gasteiger partial charge on any atom is 0.261 e. The van der Waals surface area contributed by atoms with E-state index >= 15 is 0 Å². The van der Waals surface area contributed by atoms with E-state index < -0.39 is 0 Å². The molecule has 8 heteroatoms. The minimum absolute atomic E-state index is 0.0341. The Balaban J connectivity index is 1.48. The molecule has 0 unspecified atom stereocenters. The zero-order valence-corrected chi connectivity index (χ0v) is 16.2. The molecule has 0 radical (unpaired) electrons. The molecule has 3 aromatic rings. The van der Waals surface area contributed by atoms with Gasteiger partial charge in [-0.05, 0) is 30.7 Å². The van der Waals surface area contributed by atoms with Crippen molar-refractivity contribution in [3.63, 3.8) is 0 Å². The summed E-state index contributed by atoms with van der Waals surface area (Å²) in [7, 11) is 3.06. The SMILES string of the molecule is COc1cccc(OC)c1C(=O)N1CC[C@@H](Nc2cnc3cc(F)ccc3n2)C1. The van der Waals surface area contributed by atoms with Crippen molar-refractivity contribution in [3.8, 4) is 11.5 Å². The maximum atomic E-state index is 13.3. The number of hydrogen-bond acceptors (Lipinski definition) is 6. The first kappa shape index (κ1) is 18.9. The number of benzene rings is 2. The quantitative estimate of drug-likeness (QED) is 0.714. The fourth-order valence-electron chi connectivity index (χ4n) is 3.55. The van der Waals surface area contributed by atoms with Crippen LogP contribution >= 0.6 is 0 Å². The van der Waals surface area contributed by atoms with Crippen LogP contribution in [-0.4, -0.2) is 54.1 Å². The molecular weight excluding hydrogens is 375 g/mol. The second-order valence-electron chi connectivity index (χ2n) is 6.81. The highest BCUT2D eigenvalue weighted by atomic mass is 19.1. The van der Waals surface area contributed by atoms with Gasteiger partial charge in [-0.1, -0.05) is 6.07 Å². The first-order chi connectivity index (χ1) is 14.1. The first-order valence-corrected chi connectivity index (χ1v) is 9.28. The zero-order chi connectivity index (χ0) is 20.4. The molecule has 1 aliphatic heterocycles. The first-order valence-electron chi connectivity index (χ1n) is 9.28. The molecule has 4 rings (SSSR count). The molecule has 2 aromatic carbocycles. The molecule has 1 aromatic heterocycles. The highest BCUT2D eigenvalue weighted by Crippen LogP contribution is 2.31. The molecule has 0 bridgehead atoms. The van der Waals surface area contributed by atoms with Crippen molar-refractivity contribution in [1.82, 2.24) is 14.9 Å². The van der Waals surface area contributed by atoms with Gasteiger partial charge in [-0.3, -0.25) is 9.78 Å². The summed E-state index contributed by atoms with van der Waals surface area (Å²) in [5.74, 6) is 1.09. The third-order valence-corrected chi connectivity index (χ3v) is 4.97. The monoisotopic (exact) mass is 396 g/mol. The number of nitrogens with zero attached hydrogens (tertiary/aromatic N) is 3. The number of fused-ring (bicyclic) bond motifs is 1. The normalized spacial score (nSPS) is 16.1. The molecule has 7 nitrogen and oxygen atoms in total. The third kappa shape index (κ3) is 3.78. The van der Waals surface area contributed by atoms with Gasteiger partial charge in [0.2, 0.25) is 0 Å². The second kappa shape index (κ2) is 7.90. The number of aromatic nitrogens is 2. The van der Waals surface area contributed by atoms with Gasteiger partial charge in [0, 0.05) is 25.2 Å². The van der Waals surface area contributed by atoms with E-state index in [0.29, 0.717) is 47.0 Å². The van der Waals surface area contributed by atoms with Crippen LogP contribution in [0.2, 0.25) is 0 Å². The van der Waals surface area contributed by atoms with E-state index in [4.69, 9.17) is 9.47 Å². The third-order valence-electron chi connectivity index (χ3n) is 4.97. The molecular formula is C21H21FN4O3. The van der Waals surface area contributed by atoms with Crippen LogP contribution in [0.3, 0.4) is 0 Å². The van der Waals surface area contributed by atoms with E-state index in [0.717, 1.165) is 6.42 Å². The fourth-order valence-corrected chi connectivity index (χ4v) is 3.55. The number of halogens is 1. The Morgan fingerprint density at radius 2 is 1.93 bits per heavy atom. The lowest BCUT2D eigenvalue weighted by Crippen LogP contribution is -2.32. The van der Waals surface area contributed by atoms with E-state index in [1.54, 1.807) is 35.4 Å². The number of methoxy groups -OCH3 is 2. The minimum atomic E-state index is -0.343. The number of hydrogen-bond donors (Lipinski definition) is 1. The van der Waals surface area contributed by atoms with Crippen LogP contribution in [0.5, 0.6) is 11.5 Å². The number of ether oxygens (including phenoxy) is 2. The van der Waals surface area contributed by atoms with Gasteiger partial charge in [0.25, 0.3) is 5.91 Å². The average Bonchev–Trinajstić information content (AvgIpc) is 3.21. The summed E-state index contributed by atoms with van der Waals surface area (Å²) in [5, 5.41) is 3.32. The molecule has 150 valence electrons. The average molecular weight is 396 g/mol. The number of carbonyl (C=O) groups excluding carboxylic acids is 1. The van der Waals surface area contributed by atoms with Crippen LogP contribution in [0.15, 0.2) is 42.6 Å². The molecule has 2 heterocycles. The van der Waals surface area contributed by atoms with Crippen molar-refractivity contribution < 1.29 is 18.7 Å². The molecule has 1 N–H and O–H groups in total. The molecule has 29 heavy (non-hydrogen) atoms. The largest absolute Gasteiger partial charge is 0.496 e. The molecule has 0 spiro atoms. The molecule has 1 aliphatic rings. The standard InChI is InChI=1S/C21H21FN4O3/c1-28-17-4-3-5-18(29-2)20(17)21(27)26-9-8-14(12-26)24-19-11-23-16-10-13(22)6-7-15(16)25-19/h3-7,10-11,14H,8-9,12H2,1-2H3,(H,24,25)/t14-/m1/s1. The van der Waals surface area contributed by atoms with Gasteiger partial charge >= 0.3 is 0 Å². The van der Waals surface area contributed by atoms with Crippen LogP contribution in [0, 0.1) is 5.82 Å². The molecule has 1 saturated heterocycles. The van der Waals surface area contributed by atoms with Crippen LogP contribution in [0.1, 0.15) is 16.8 Å². The Morgan fingerprint density at radius 3 is 2.66 bits per heavy atom. The Hall–Kier alpha value is -3.42. The number of carbonyl (C=O) groups is 1. The summed E-state index contributed by atoms with van der Waals surface area (Å²) in [6.07, 6.45) is 2.35. The van der Waals surface area contributed by atoms with Gasteiger partial charge in [-0.15, -0.1) is 0 Å². The van der Waals surface area contributed by atoms with Crippen LogP contribution in [0.25, 0.3) is 11.0 Å². The van der Waals surface area contributed by atoms with Crippen molar-refractivity contribution in [2.75, 3.05) is 32.6 Å². The number of anilines is 1. The van der Waals surface area contributed by atoms with Crippen molar-refractivity contribution in [2.45, 2.75) is 12.5 Å². The van der Waals surface area contributed by atoms with Crippen molar-refractivity contribution >= 4 is 22.8 Å². The Bertz CT molecular complexity index is 1040. The topological polar surface area (TPSA) is 76.6 Å². The Kier molecular flexibility index (Phi) is 5.16. The molecule has 1 amide bonds. The molecule has 1 fully saturated rings. The number of nitrogens with one attached hydrogen (secondary N) is 1. The van der Waals surface area contributed by atoms with Crippen molar-refractivity contribution in [2.24, 2.45) is 0 Å². The van der Waals surface area contributed by atoms with Crippen molar-refractivity contribution in [1.29, 1.82) is 0 Å². The zero-order valence-electron chi connectivity index (χ0n) is 16.2. The summed E-state index contributed by atoms with van der Waals surface area (Å²) in [6, 6.07) is 9.62. The smallest absolute Gasteiger partial charge is 0.261 e. The lowest BCUT2D eigenvalue weighted by Gasteiger charge is -2.20. The van der Waals surface area contributed by atoms with Crippen LogP contribution < -0.4 is 14.8 Å². The van der Waals surface area contributed by atoms with Crippen molar-refractivity contribution in [3.05, 3.63) is 54.0 Å². The highest BCUT2D eigenvalue weighted by molar-refractivity contribution is 6.00. The summed E-state index contributed by atoms with van der Waals surface area (Å²) in [5.41, 5.74) is 1.54. The summed E-state index contributed by atoms with van der Waals surface area (Å²) in [6.45, 7) is 1.12. The van der Waals surface area contributed by atoms with E-state index in [2.05, 4.69) is 15.3 Å². The van der Waals surface area contributed by atoms with Gasteiger partial charge in [-0.25, -0.2) is 9.37 Å². The second-order valence-corrected chi connectivity index (χ2v) is 6.81. The van der Waals surface area contributed by atoms with Gasteiger partial charge in [0.05, 0.1) is 31.4 Å². The number of likely N-dealkylation sites (tertiary alicyclic amines) is 1. The van der Waals surface area contributed by atoms with Gasteiger partial charge in [-0.2, -0.15) is 0 Å². The molecule has 0 saturated carbocycles. The van der Waals surface area contributed by atoms with E-state index in [1.807, 2.05) is 0 Å². The van der Waals surface area contributed by atoms with Gasteiger partial charge in [0.1, 0.15) is 28.7 Å². The number of amides is 1. The number of rotatable bonds is 5. The van der Waals surface area contributed by atoms with E-state index in [9.17, 15) is 9.18 Å². The minimum Gasteiger partial charge on any atom is -0.496 e. The molecule has 0 aliphatic carbocycles. The predicted octanol–water partition coefficient (Wildman–Crippen LogP) is 3.11. The Morgan fingerprint density at radius 1 is 1.17 bits per heavy atom. The summed E-state index contributed by atoms with van der Waals surface area (Å²) < 4.78 is 24.0. The highest BCUT2D eigenvalue weighted by Gasteiger charge is 2.30. The molecule has 1 atom stereocenters. The van der Waals surface area contributed by atoms with Gasteiger partial charge < -0.3 is 19.7 Å². The lowest BCUT2D eigenvalue weighted by molar-refractivity contribution is 0.0784. The lowest BCUT2D eigenvalue weighted by atomic mass is 10.1. The van der Waals surface area contributed by atoms with Gasteiger partial charge in [0.15, 0.2) is 0 Å². The Labute approximate surface area is 167 Å². The van der Waals surface area contributed by atoms with E-state index in [-0.39, 0.29) is 17.8 Å². The fraction of sp³-hybridized carbons (Fsp3) is 0.286. The maximum absolute atomic E-state index is 13.3. The summed E-state index contributed by atoms with van der Waals surface area (Å²) >= 11 is 0.